The monoisotopic (exact) mass is 337 g/mol. The molecule has 3 aromatic rings. The predicted molar refractivity (Wildman–Crippen MR) is 97.5 cm³/mol. The van der Waals surface area contributed by atoms with Gasteiger partial charge in [0.25, 0.3) is 5.91 Å². The zero-order valence-corrected chi connectivity index (χ0v) is 14.1. The minimum Gasteiger partial charge on any atom is -0.493 e. The average molecular weight is 337 g/mol. The Bertz CT molecular complexity index is 898. The molecule has 1 aromatic heterocycles. The second kappa shape index (κ2) is 7.09. The van der Waals surface area contributed by atoms with E-state index in [1.165, 1.54) is 7.11 Å². The molecule has 1 heterocycles. The normalized spacial score (nSPS) is 10.5. The summed E-state index contributed by atoms with van der Waals surface area (Å²) < 4.78 is 10.7. The number of carbonyl (C=O) groups excluding carboxylic acids is 1. The van der Waals surface area contributed by atoms with Crippen molar-refractivity contribution >= 4 is 22.9 Å². The largest absolute Gasteiger partial charge is 0.493 e. The fourth-order valence-electron chi connectivity index (χ4n) is 2.67. The predicted octanol–water partition coefficient (Wildman–Crippen LogP) is 3.56. The number of nitrogens with one attached hydrogen (secondary N) is 2. The maximum atomic E-state index is 12.6. The summed E-state index contributed by atoms with van der Waals surface area (Å²) in [6, 6.07) is 11.0. The Morgan fingerprint density at radius 1 is 1.28 bits per heavy atom. The van der Waals surface area contributed by atoms with Crippen molar-refractivity contribution in [1.29, 1.82) is 0 Å². The number of H-pyrrole nitrogens is 1. The number of aromatic amines is 1. The number of benzene rings is 2. The molecule has 3 rings (SSSR count). The van der Waals surface area contributed by atoms with E-state index in [4.69, 9.17) is 9.47 Å². The Labute approximate surface area is 145 Å². The van der Waals surface area contributed by atoms with Crippen molar-refractivity contribution in [2.45, 2.75) is 6.42 Å². The molecule has 2 N–H and O–H groups in total. The van der Waals surface area contributed by atoms with Crippen LogP contribution in [0.4, 0.5) is 5.95 Å². The van der Waals surface area contributed by atoms with E-state index in [0.29, 0.717) is 29.4 Å². The summed E-state index contributed by atoms with van der Waals surface area (Å²) in [5, 5.41) is 2.78. The number of nitrogens with zero attached hydrogens (tertiary/aromatic N) is 1. The number of para-hydroxylation sites is 2. The van der Waals surface area contributed by atoms with Crippen molar-refractivity contribution in [2.24, 2.45) is 0 Å². The fraction of sp³-hybridized carbons (Fsp3) is 0.158. The van der Waals surface area contributed by atoms with Gasteiger partial charge in [0.2, 0.25) is 5.95 Å². The van der Waals surface area contributed by atoms with Gasteiger partial charge in [-0.15, -0.1) is 6.58 Å². The molecule has 0 bridgehead atoms. The Hall–Kier alpha value is -3.28. The first-order valence-electron chi connectivity index (χ1n) is 7.78. The minimum absolute atomic E-state index is 0.287. The van der Waals surface area contributed by atoms with Gasteiger partial charge < -0.3 is 14.5 Å². The third-order valence-corrected chi connectivity index (χ3v) is 3.80. The van der Waals surface area contributed by atoms with Crippen molar-refractivity contribution in [3.63, 3.8) is 0 Å². The number of rotatable bonds is 6. The molecule has 1 amide bonds. The Kier molecular flexibility index (Phi) is 4.70. The topological polar surface area (TPSA) is 76.2 Å². The molecule has 0 unspecified atom stereocenters. The molecule has 0 fully saturated rings. The quantitative estimate of drug-likeness (QED) is 0.674. The van der Waals surface area contributed by atoms with Crippen LogP contribution in [0.15, 0.2) is 49.1 Å². The van der Waals surface area contributed by atoms with E-state index >= 15 is 0 Å². The van der Waals surface area contributed by atoms with Crippen molar-refractivity contribution < 1.29 is 14.3 Å². The number of imidazole rings is 1. The van der Waals surface area contributed by atoms with Crippen LogP contribution in [0.5, 0.6) is 11.5 Å². The number of allylic oxidation sites excluding steroid dienone is 1. The zero-order chi connectivity index (χ0) is 17.8. The van der Waals surface area contributed by atoms with Crippen LogP contribution in [-0.4, -0.2) is 30.1 Å². The van der Waals surface area contributed by atoms with Crippen molar-refractivity contribution in [3.8, 4) is 11.5 Å². The van der Waals surface area contributed by atoms with Crippen LogP contribution in [0.1, 0.15) is 15.9 Å². The zero-order valence-electron chi connectivity index (χ0n) is 14.1. The van der Waals surface area contributed by atoms with E-state index in [9.17, 15) is 4.79 Å². The highest BCUT2D eigenvalue weighted by atomic mass is 16.5. The van der Waals surface area contributed by atoms with Gasteiger partial charge in [0.1, 0.15) is 0 Å². The summed E-state index contributed by atoms with van der Waals surface area (Å²) >= 11 is 0. The summed E-state index contributed by atoms with van der Waals surface area (Å²) in [4.78, 5) is 20.0. The Morgan fingerprint density at radius 3 is 2.76 bits per heavy atom. The first-order chi connectivity index (χ1) is 12.2. The van der Waals surface area contributed by atoms with Gasteiger partial charge in [-0.3, -0.25) is 10.1 Å². The first-order valence-corrected chi connectivity index (χ1v) is 7.78. The standard InChI is InChI=1S/C19H19N3O3/c1-4-7-12-10-13(11-16(24-2)17(12)25-3)18(23)22-19-20-14-8-5-6-9-15(14)21-19/h4-6,8-11H,1,7H2,2-3H3,(H2,20,21,22,23). The maximum absolute atomic E-state index is 12.6. The number of aromatic nitrogens is 2. The van der Waals surface area contributed by atoms with Crippen LogP contribution >= 0.6 is 0 Å². The number of methoxy groups -OCH3 is 2. The molecule has 0 atom stereocenters. The number of hydrogen-bond donors (Lipinski definition) is 2. The summed E-state index contributed by atoms with van der Waals surface area (Å²) in [5.41, 5.74) is 2.93. The molecule has 0 aliphatic carbocycles. The van der Waals surface area contributed by atoms with E-state index in [1.807, 2.05) is 24.3 Å². The second-order valence-electron chi connectivity index (χ2n) is 5.42. The SMILES string of the molecule is C=CCc1cc(C(=O)Nc2nc3ccccc3[nH]2)cc(OC)c1OC. The molecular formula is C19H19N3O3. The molecule has 0 spiro atoms. The van der Waals surface area contributed by atoms with Gasteiger partial charge in [0.05, 0.1) is 25.3 Å². The number of anilines is 1. The first kappa shape index (κ1) is 16.6. The number of fused-ring (bicyclic) bond motifs is 1. The van der Waals surface area contributed by atoms with Crippen molar-refractivity contribution in [2.75, 3.05) is 19.5 Å². The van der Waals surface area contributed by atoms with Gasteiger partial charge >= 0.3 is 0 Å². The molecule has 0 aliphatic rings. The molecule has 0 saturated carbocycles. The minimum atomic E-state index is -0.287. The van der Waals surface area contributed by atoms with Crippen LogP contribution < -0.4 is 14.8 Å². The lowest BCUT2D eigenvalue weighted by Gasteiger charge is -2.14. The lowest BCUT2D eigenvalue weighted by molar-refractivity contribution is 0.102. The second-order valence-corrected chi connectivity index (χ2v) is 5.42. The summed E-state index contributed by atoms with van der Waals surface area (Å²) in [6.45, 7) is 3.74. The molecule has 0 saturated heterocycles. The van der Waals surface area contributed by atoms with Crippen molar-refractivity contribution in [3.05, 3.63) is 60.2 Å². The maximum Gasteiger partial charge on any atom is 0.258 e. The number of hydrogen-bond acceptors (Lipinski definition) is 4. The Morgan fingerprint density at radius 2 is 2.08 bits per heavy atom. The molecule has 6 heteroatoms. The van der Waals surface area contributed by atoms with Gasteiger partial charge in [0.15, 0.2) is 11.5 Å². The highest BCUT2D eigenvalue weighted by molar-refractivity contribution is 6.04. The lowest BCUT2D eigenvalue weighted by atomic mass is 10.0. The van der Waals surface area contributed by atoms with Crippen LogP contribution in [0.25, 0.3) is 11.0 Å². The number of carbonyl (C=O) groups is 1. The van der Waals surface area contributed by atoms with Gasteiger partial charge in [-0.25, -0.2) is 4.98 Å². The molecule has 128 valence electrons. The van der Waals surface area contributed by atoms with E-state index in [2.05, 4.69) is 21.9 Å². The van der Waals surface area contributed by atoms with E-state index in [0.717, 1.165) is 16.6 Å². The fourth-order valence-corrected chi connectivity index (χ4v) is 2.67. The summed E-state index contributed by atoms with van der Waals surface area (Å²) in [6.07, 6.45) is 2.31. The number of amides is 1. The third-order valence-electron chi connectivity index (χ3n) is 3.80. The summed E-state index contributed by atoms with van der Waals surface area (Å²) in [7, 11) is 3.11. The third kappa shape index (κ3) is 3.33. The molecular weight excluding hydrogens is 318 g/mol. The van der Waals surface area contributed by atoms with Crippen LogP contribution in [0, 0.1) is 0 Å². The van der Waals surface area contributed by atoms with Gasteiger partial charge in [0, 0.05) is 11.1 Å². The molecule has 0 aliphatic heterocycles. The lowest BCUT2D eigenvalue weighted by Crippen LogP contribution is -2.14. The molecule has 0 radical (unpaired) electrons. The van der Waals surface area contributed by atoms with Gasteiger partial charge in [-0.1, -0.05) is 18.2 Å². The smallest absolute Gasteiger partial charge is 0.258 e. The highest BCUT2D eigenvalue weighted by Crippen LogP contribution is 2.33. The number of ether oxygens (including phenoxy) is 2. The van der Waals surface area contributed by atoms with Gasteiger partial charge in [-0.05, 0) is 30.7 Å². The highest BCUT2D eigenvalue weighted by Gasteiger charge is 2.16. The molecule has 2 aromatic carbocycles. The van der Waals surface area contributed by atoms with E-state index in [-0.39, 0.29) is 5.91 Å². The van der Waals surface area contributed by atoms with Crippen LogP contribution in [0.3, 0.4) is 0 Å². The van der Waals surface area contributed by atoms with Gasteiger partial charge in [-0.2, -0.15) is 0 Å². The molecule has 25 heavy (non-hydrogen) atoms. The van der Waals surface area contributed by atoms with Crippen LogP contribution in [-0.2, 0) is 6.42 Å². The molecule has 6 nitrogen and oxygen atoms in total. The van der Waals surface area contributed by atoms with E-state index in [1.54, 1.807) is 25.3 Å². The van der Waals surface area contributed by atoms with E-state index < -0.39 is 0 Å². The average Bonchev–Trinajstić information content (AvgIpc) is 3.03. The van der Waals surface area contributed by atoms with Crippen LogP contribution in [0.2, 0.25) is 0 Å². The summed E-state index contributed by atoms with van der Waals surface area (Å²) in [5.74, 6) is 1.20. The Balaban J connectivity index is 1.92. The van der Waals surface area contributed by atoms with Crippen molar-refractivity contribution in [1.82, 2.24) is 9.97 Å².